The number of guanidine groups is 1. The maximum absolute atomic E-state index is 13.5. The summed E-state index contributed by atoms with van der Waals surface area (Å²) in [5.41, 5.74) is 0. The molecule has 0 fully saturated rings. The van der Waals surface area contributed by atoms with Crippen LogP contribution >= 0.6 is 24.0 Å². The van der Waals surface area contributed by atoms with E-state index in [0.29, 0.717) is 12.5 Å². The molecule has 1 aromatic rings. The average molecular weight is 439 g/mol. The molecule has 0 aliphatic heterocycles. The van der Waals surface area contributed by atoms with Gasteiger partial charge in [-0.2, -0.15) is 0 Å². The van der Waals surface area contributed by atoms with Gasteiger partial charge in [0.15, 0.2) is 15.8 Å². The zero-order chi connectivity index (χ0) is 15.7. The van der Waals surface area contributed by atoms with Crippen LogP contribution in [0.1, 0.15) is 6.92 Å². The van der Waals surface area contributed by atoms with Gasteiger partial charge in [0.05, 0.1) is 18.8 Å². The van der Waals surface area contributed by atoms with Gasteiger partial charge < -0.3 is 10.6 Å². The fraction of sp³-hybridized carbons (Fsp3) is 0.357. The zero-order valence-corrected chi connectivity index (χ0v) is 15.3. The molecule has 1 aromatic carbocycles. The van der Waals surface area contributed by atoms with Crippen LogP contribution in [0, 0.1) is 18.2 Å². The topological polar surface area (TPSA) is 70.6 Å². The van der Waals surface area contributed by atoms with Crippen LogP contribution in [-0.4, -0.2) is 39.8 Å². The Morgan fingerprint density at radius 3 is 2.64 bits per heavy atom. The molecule has 5 nitrogen and oxygen atoms in total. The molecular weight excluding hydrogens is 420 g/mol. The summed E-state index contributed by atoms with van der Waals surface area (Å²) in [5, 5.41) is 5.77. The Kier molecular flexibility index (Phi) is 9.76. The number of rotatable bonds is 6. The van der Waals surface area contributed by atoms with Crippen LogP contribution < -0.4 is 10.6 Å². The molecule has 0 aliphatic carbocycles. The summed E-state index contributed by atoms with van der Waals surface area (Å²) in [7, 11) is -3.70. The minimum absolute atomic E-state index is 0. The smallest absolute Gasteiger partial charge is 0.192 e. The number of nitrogens with one attached hydrogen (secondary N) is 2. The molecule has 0 saturated heterocycles. The van der Waals surface area contributed by atoms with Gasteiger partial charge in [0, 0.05) is 6.54 Å². The number of sulfone groups is 1. The molecule has 1 rings (SSSR count). The van der Waals surface area contributed by atoms with E-state index in [2.05, 4.69) is 21.5 Å². The van der Waals surface area contributed by atoms with Crippen LogP contribution in [0.2, 0.25) is 0 Å². The van der Waals surface area contributed by atoms with Crippen molar-refractivity contribution in [2.24, 2.45) is 4.99 Å². The second kappa shape index (κ2) is 10.4. The van der Waals surface area contributed by atoms with Crippen molar-refractivity contribution in [2.45, 2.75) is 11.8 Å². The summed E-state index contributed by atoms with van der Waals surface area (Å²) in [6.45, 7) is 2.79. The van der Waals surface area contributed by atoms with Crippen molar-refractivity contribution in [3.05, 3.63) is 30.1 Å². The SMILES string of the molecule is C#CCNC(=NCCS(=O)(=O)c1ccccc1F)NCC.I. The Morgan fingerprint density at radius 1 is 1.36 bits per heavy atom. The number of benzene rings is 1. The number of nitrogens with zero attached hydrogens (tertiary/aromatic N) is 1. The highest BCUT2D eigenvalue weighted by atomic mass is 127. The van der Waals surface area contributed by atoms with Gasteiger partial charge in [0.25, 0.3) is 0 Å². The Balaban J connectivity index is 0.00000441. The highest BCUT2D eigenvalue weighted by Gasteiger charge is 2.18. The minimum atomic E-state index is -3.70. The van der Waals surface area contributed by atoms with Gasteiger partial charge in [0.1, 0.15) is 10.7 Å². The summed E-state index contributed by atoms with van der Waals surface area (Å²) in [6, 6.07) is 5.29. The van der Waals surface area contributed by atoms with Gasteiger partial charge in [-0.1, -0.05) is 18.1 Å². The summed E-state index contributed by atoms with van der Waals surface area (Å²) in [5.74, 6) is 1.80. The van der Waals surface area contributed by atoms with Crippen LogP contribution in [0.4, 0.5) is 4.39 Å². The predicted molar refractivity (Wildman–Crippen MR) is 96.7 cm³/mol. The number of aliphatic imine (C=N–C) groups is 1. The van der Waals surface area contributed by atoms with E-state index in [1.165, 1.54) is 18.2 Å². The average Bonchev–Trinajstić information content (AvgIpc) is 2.45. The molecule has 0 radical (unpaired) electrons. The van der Waals surface area contributed by atoms with Gasteiger partial charge in [-0.25, -0.2) is 12.8 Å². The third kappa shape index (κ3) is 6.62. The highest BCUT2D eigenvalue weighted by Crippen LogP contribution is 2.14. The van der Waals surface area contributed by atoms with Crippen LogP contribution in [0.15, 0.2) is 34.2 Å². The molecule has 0 amide bonds. The van der Waals surface area contributed by atoms with E-state index in [0.717, 1.165) is 6.07 Å². The zero-order valence-electron chi connectivity index (χ0n) is 12.2. The Morgan fingerprint density at radius 2 is 2.05 bits per heavy atom. The quantitative estimate of drug-likeness (QED) is 0.305. The van der Waals surface area contributed by atoms with Crippen molar-refractivity contribution in [1.82, 2.24) is 10.6 Å². The van der Waals surface area contributed by atoms with E-state index in [-0.39, 0.29) is 47.7 Å². The van der Waals surface area contributed by atoms with Crippen molar-refractivity contribution in [3.8, 4) is 12.3 Å². The van der Waals surface area contributed by atoms with E-state index in [1.54, 1.807) is 0 Å². The minimum Gasteiger partial charge on any atom is -0.357 e. The molecule has 0 bridgehead atoms. The lowest BCUT2D eigenvalue weighted by Gasteiger charge is -2.09. The molecule has 2 N–H and O–H groups in total. The van der Waals surface area contributed by atoms with Crippen molar-refractivity contribution < 1.29 is 12.8 Å². The monoisotopic (exact) mass is 439 g/mol. The number of hydrogen-bond acceptors (Lipinski definition) is 3. The number of terminal acetylenes is 1. The molecule has 0 aliphatic rings. The van der Waals surface area contributed by atoms with Crippen LogP contribution in [-0.2, 0) is 9.84 Å². The summed E-state index contributed by atoms with van der Waals surface area (Å²) in [4.78, 5) is 3.78. The van der Waals surface area contributed by atoms with E-state index in [4.69, 9.17) is 6.42 Å². The molecule has 0 atom stereocenters. The first-order valence-electron chi connectivity index (χ1n) is 6.44. The van der Waals surface area contributed by atoms with Gasteiger partial charge in [-0.05, 0) is 19.1 Å². The summed E-state index contributed by atoms with van der Waals surface area (Å²) < 4.78 is 37.5. The van der Waals surface area contributed by atoms with Crippen LogP contribution in [0.5, 0.6) is 0 Å². The molecule has 0 unspecified atom stereocenters. The predicted octanol–water partition coefficient (Wildman–Crippen LogP) is 1.41. The maximum Gasteiger partial charge on any atom is 0.192 e. The third-order valence-electron chi connectivity index (χ3n) is 2.50. The van der Waals surface area contributed by atoms with Gasteiger partial charge in [-0.15, -0.1) is 30.4 Å². The standard InChI is InChI=1S/C14H18FN3O2S.HI/c1-3-9-17-14(16-4-2)18-10-11-21(19,20)13-8-6-5-7-12(13)15;/h1,5-8H,4,9-11H2,2H3,(H2,16,17,18);1H. The molecule has 0 aromatic heterocycles. The van der Waals surface area contributed by atoms with Gasteiger partial charge >= 0.3 is 0 Å². The molecule has 22 heavy (non-hydrogen) atoms. The largest absolute Gasteiger partial charge is 0.357 e. The third-order valence-corrected chi connectivity index (χ3v) is 4.23. The van der Waals surface area contributed by atoms with Crippen molar-refractivity contribution in [2.75, 3.05) is 25.4 Å². The normalized spacial score (nSPS) is 11.2. The lowest BCUT2D eigenvalue weighted by atomic mass is 10.3. The first kappa shape index (κ1) is 20.7. The Labute approximate surface area is 147 Å². The van der Waals surface area contributed by atoms with Gasteiger partial charge in [0.2, 0.25) is 0 Å². The fourth-order valence-electron chi connectivity index (χ4n) is 1.56. The molecule has 0 saturated carbocycles. The van der Waals surface area contributed by atoms with E-state index >= 15 is 0 Å². The van der Waals surface area contributed by atoms with E-state index in [1.807, 2.05) is 6.92 Å². The van der Waals surface area contributed by atoms with E-state index in [9.17, 15) is 12.8 Å². The van der Waals surface area contributed by atoms with Gasteiger partial charge in [-0.3, -0.25) is 4.99 Å². The molecule has 8 heteroatoms. The number of hydrogen-bond donors (Lipinski definition) is 2. The van der Waals surface area contributed by atoms with Crippen LogP contribution in [0.25, 0.3) is 0 Å². The van der Waals surface area contributed by atoms with Crippen LogP contribution in [0.3, 0.4) is 0 Å². The molecule has 0 heterocycles. The molecular formula is C14H19FIN3O2S. The van der Waals surface area contributed by atoms with Crippen molar-refractivity contribution in [3.63, 3.8) is 0 Å². The summed E-state index contributed by atoms with van der Waals surface area (Å²) in [6.07, 6.45) is 5.13. The van der Waals surface area contributed by atoms with Crippen molar-refractivity contribution >= 4 is 39.8 Å². The maximum atomic E-state index is 13.5. The second-order valence-electron chi connectivity index (χ2n) is 4.07. The molecule has 122 valence electrons. The summed E-state index contributed by atoms with van der Waals surface area (Å²) >= 11 is 0. The lowest BCUT2D eigenvalue weighted by molar-refractivity contribution is 0.567. The van der Waals surface area contributed by atoms with E-state index < -0.39 is 15.7 Å². The second-order valence-corrected chi connectivity index (χ2v) is 6.15. The van der Waals surface area contributed by atoms with Crippen molar-refractivity contribution in [1.29, 1.82) is 0 Å². The highest BCUT2D eigenvalue weighted by molar-refractivity contribution is 14.0. The number of halogens is 2. The molecule has 0 spiro atoms. The first-order chi connectivity index (χ1) is 10.0. The fourth-order valence-corrected chi connectivity index (χ4v) is 2.76. The Bertz CT molecular complexity index is 642. The lowest BCUT2D eigenvalue weighted by Crippen LogP contribution is -2.37. The Hall–Kier alpha value is -1.34. The first-order valence-corrected chi connectivity index (χ1v) is 8.09.